The van der Waals surface area contributed by atoms with Crippen molar-refractivity contribution < 1.29 is 9.59 Å². The summed E-state index contributed by atoms with van der Waals surface area (Å²) < 4.78 is 0. The summed E-state index contributed by atoms with van der Waals surface area (Å²) in [7, 11) is 0. The Morgan fingerprint density at radius 1 is 1.29 bits per heavy atom. The van der Waals surface area contributed by atoms with Crippen LogP contribution < -0.4 is 10.6 Å². The zero-order valence-electron chi connectivity index (χ0n) is 14.4. The lowest BCUT2D eigenvalue weighted by molar-refractivity contribution is -0.116. The number of nitrogens with zero attached hydrogens (tertiary/aromatic N) is 1. The normalized spacial score (nSPS) is 20.4. The number of carbonyl (C=O) groups is 2. The zero-order chi connectivity index (χ0) is 16.9. The van der Waals surface area contributed by atoms with Gasteiger partial charge in [0, 0.05) is 30.8 Å². The number of anilines is 1. The van der Waals surface area contributed by atoms with Gasteiger partial charge in [0.25, 0.3) is 5.91 Å². The highest BCUT2D eigenvalue weighted by Gasteiger charge is 2.20. The van der Waals surface area contributed by atoms with Gasteiger partial charge in [-0.1, -0.05) is 0 Å². The predicted molar refractivity (Wildman–Crippen MR) is 95.2 cm³/mol. The molecule has 2 fully saturated rings. The van der Waals surface area contributed by atoms with Crippen LogP contribution in [0.5, 0.6) is 0 Å². The summed E-state index contributed by atoms with van der Waals surface area (Å²) in [6, 6.07) is 5.56. The summed E-state index contributed by atoms with van der Waals surface area (Å²) in [6.07, 6.45) is 4.84. The number of carbonyl (C=O) groups excluding carboxylic acids is 2. The molecular formula is C19H27N3O2. The Bertz CT molecular complexity index is 603. The summed E-state index contributed by atoms with van der Waals surface area (Å²) in [5, 5.41) is 6.31. The third-order valence-electron chi connectivity index (χ3n) is 5.08. The molecular weight excluding hydrogens is 302 g/mol. The van der Waals surface area contributed by atoms with Gasteiger partial charge in [-0.25, -0.2) is 0 Å². The van der Waals surface area contributed by atoms with Crippen molar-refractivity contribution in [2.24, 2.45) is 5.92 Å². The quantitative estimate of drug-likeness (QED) is 0.873. The summed E-state index contributed by atoms with van der Waals surface area (Å²) >= 11 is 0. The molecule has 0 aliphatic carbocycles. The molecule has 24 heavy (non-hydrogen) atoms. The minimum atomic E-state index is 0.0589. The first kappa shape index (κ1) is 17.0. The molecule has 1 aromatic carbocycles. The van der Waals surface area contributed by atoms with Gasteiger partial charge in [-0.15, -0.1) is 0 Å². The highest BCUT2D eigenvalue weighted by Crippen LogP contribution is 2.21. The average Bonchev–Trinajstić information content (AvgIpc) is 3.27. The molecule has 5 nitrogen and oxygen atoms in total. The molecule has 2 aliphatic rings. The Hall–Kier alpha value is -1.88. The Labute approximate surface area is 143 Å². The number of amides is 2. The van der Waals surface area contributed by atoms with E-state index in [2.05, 4.69) is 10.6 Å². The van der Waals surface area contributed by atoms with Gasteiger partial charge in [0.2, 0.25) is 5.91 Å². The van der Waals surface area contributed by atoms with Gasteiger partial charge in [-0.05, 0) is 75.4 Å². The summed E-state index contributed by atoms with van der Waals surface area (Å²) in [6.45, 7) is 5.74. The van der Waals surface area contributed by atoms with Crippen LogP contribution in [0.3, 0.4) is 0 Å². The molecule has 3 rings (SSSR count). The maximum Gasteiger partial charge on any atom is 0.253 e. The molecule has 0 spiro atoms. The third kappa shape index (κ3) is 4.15. The van der Waals surface area contributed by atoms with Gasteiger partial charge in [-0.2, -0.15) is 0 Å². The van der Waals surface area contributed by atoms with Crippen molar-refractivity contribution in [3.05, 3.63) is 29.3 Å². The molecule has 5 heteroatoms. The minimum Gasteiger partial charge on any atom is -0.339 e. The summed E-state index contributed by atoms with van der Waals surface area (Å²) in [5.74, 6) is 0.781. The molecule has 130 valence electrons. The van der Waals surface area contributed by atoms with Crippen molar-refractivity contribution in [3.63, 3.8) is 0 Å². The lowest BCUT2D eigenvalue weighted by atomic mass is 10.0. The Kier molecular flexibility index (Phi) is 5.51. The Morgan fingerprint density at radius 3 is 2.75 bits per heavy atom. The second-order valence-corrected chi connectivity index (χ2v) is 6.97. The van der Waals surface area contributed by atoms with Crippen LogP contribution in [0.15, 0.2) is 18.2 Å². The molecule has 2 saturated heterocycles. The highest BCUT2D eigenvalue weighted by atomic mass is 16.2. The van der Waals surface area contributed by atoms with Gasteiger partial charge in [0.05, 0.1) is 0 Å². The van der Waals surface area contributed by atoms with E-state index in [0.717, 1.165) is 56.7 Å². The molecule has 1 aromatic rings. The number of benzene rings is 1. The molecule has 2 N–H and O–H groups in total. The van der Waals surface area contributed by atoms with E-state index in [1.54, 1.807) is 0 Å². The van der Waals surface area contributed by atoms with Crippen LogP contribution >= 0.6 is 0 Å². The Morgan fingerprint density at radius 2 is 2.08 bits per heavy atom. The first-order chi connectivity index (χ1) is 11.6. The van der Waals surface area contributed by atoms with Gasteiger partial charge >= 0.3 is 0 Å². The Balaban J connectivity index is 1.55. The number of rotatable bonds is 5. The van der Waals surface area contributed by atoms with E-state index in [0.29, 0.717) is 17.9 Å². The van der Waals surface area contributed by atoms with E-state index in [1.165, 1.54) is 6.42 Å². The highest BCUT2D eigenvalue weighted by molar-refractivity contribution is 5.96. The second-order valence-electron chi connectivity index (χ2n) is 6.97. The lowest BCUT2D eigenvalue weighted by Crippen LogP contribution is -2.27. The number of aryl methyl sites for hydroxylation is 1. The largest absolute Gasteiger partial charge is 0.339 e. The van der Waals surface area contributed by atoms with Gasteiger partial charge < -0.3 is 15.5 Å². The first-order valence-electron chi connectivity index (χ1n) is 9.04. The van der Waals surface area contributed by atoms with Crippen molar-refractivity contribution in [2.45, 2.75) is 39.0 Å². The summed E-state index contributed by atoms with van der Waals surface area (Å²) in [4.78, 5) is 26.5. The fourth-order valence-corrected chi connectivity index (χ4v) is 3.55. The van der Waals surface area contributed by atoms with Crippen LogP contribution in [-0.4, -0.2) is 42.9 Å². The molecule has 0 aromatic heterocycles. The van der Waals surface area contributed by atoms with Crippen molar-refractivity contribution in [1.82, 2.24) is 10.2 Å². The fraction of sp³-hybridized carbons (Fsp3) is 0.579. The van der Waals surface area contributed by atoms with Crippen molar-refractivity contribution >= 4 is 17.5 Å². The van der Waals surface area contributed by atoms with Crippen LogP contribution in [0.2, 0.25) is 0 Å². The average molecular weight is 329 g/mol. The van der Waals surface area contributed by atoms with Crippen LogP contribution in [0.4, 0.5) is 5.69 Å². The predicted octanol–water partition coefficient (Wildman–Crippen LogP) is 2.56. The molecule has 2 heterocycles. The SMILES string of the molecule is Cc1cc(C(=O)N2CCCC2)ccc1NC(=O)CCC1CCNC1. The van der Waals surface area contributed by atoms with Crippen molar-refractivity contribution in [2.75, 3.05) is 31.5 Å². The van der Waals surface area contributed by atoms with E-state index in [4.69, 9.17) is 0 Å². The van der Waals surface area contributed by atoms with Gasteiger partial charge in [0.15, 0.2) is 0 Å². The van der Waals surface area contributed by atoms with E-state index in [-0.39, 0.29) is 11.8 Å². The molecule has 2 amide bonds. The number of likely N-dealkylation sites (tertiary alicyclic amines) is 1. The topological polar surface area (TPSA) is 61.4 Å². The van der Waals surface area contributed by atoms with Crippen LogP contribution in [0.1, 0.15) is 48.0 Å². The third-order valence-corrected chi connectivity index (χ3v) is 5.08. The van der Waals surface area contributed by atoms with Crippen molar-refractivity contribution in [3.8, 4) is 0 Å². The van der Waals surface area contributed by atoms with Crippen LogP contribution in [0.25, 0.3) is 0 Å². The number of hydrogen-bond donors (Lipinski definition) is 2. The molecule has 0 bridgehead atoms. The van der Waals surface area contributed by atoms with Gasteiger partial charge in [-0.3, -0.25) is 9.59 Å². The summed E-state index contributed by atoms with van der Waals surface area (Å²) in [5.41, 5.74) is 2.46. The number of nitrogens with one attached hydrogen (secondary N) is 2. The van der Waals surface area contributed by atoms with Crippen LogP contribution in [-0.2, 0) is 4.79 Å². The molecule has 1 unspecified atom stereocenters. The second kappa shape index (κ2) is 7.79. The number of hydrogen-bond acceptors (Lipinski definition) is 3. The standard InChI is InChI=1S/C19H27N3O2/c1-14-12-16(19(24)22-10-2-3-11-22)5-6-17(14)21-18(23)7-4-15-8-9-20-13-15/h5-6,12,15,20H,2-4,7-11,13H2,1H3,(H,21,23). The first-order valence-corrected chi connectivity index (χ1v) is 9.04. The molecule has 2 aliphatic heterocycles. The molecule has 1 atom stereocenters. The molecule has 0 radical (unpaired) electrons. The lowest BCUT2D eigenvalue weighted by Gasteiger charge is -2.16. The smallest absolute Gasteiger partial charge is 0.253 e. The monoisotopic (exact) mass is 329 g/mol. The van der Waals surface area contributed by atoms with E-state index in [1.807, 2.05) is 30.0 Å². The van der Waals surface area contributed by atoms with E-state index < -0.39 is 0 Å². The zero-order valence-corrected chi connectivity index (χ0v) is 14.4. The van der Waals surface area contributed by atoms with Crippen molar-refractivity contribution in [1.29, 1.82) is 0 Å². The maximum absolute atomic E-state index is 12.4. The van der Waals surface area contributed by atoms with Crippen LogP contribution in [0, 0.1) is 12.8 Å². The van der Waals surface area contributed by atoms with E-state index >= 15 is 0 Å². The maximum atomic E-state index is 12.4. The molecule has 0 saturated carbocycles. The van der Waals surface area contributed by atoms with E-state index in [9.17, 15) is 9.59 Å². The van der Waals surface area contributed by atoms with Gasteiger partial charge in [0.1, 0.15) is 0 Å². The fourth-order valence-electron chi connectivity index (χ4n) is 3.55. The minimum absolute atomic E-state index is 0.0589.